The lowest BCUT2D eigenvalue weighted by Crippen LogP contribution is -1.94. The van der Waals surface area contributed by atoms with Crippen molar-refractivity contribution in [2.75, 3.05) is 5.73 Å². The number of non-ortho nitro benzene ring substituents is 1. The molecule has 0 amide bonds. The molecule has 0 unspecified atom stereocenters. The van der Waals surface area contributed by atoms with E-state index >= 15 is 0 Å². The molecule has 0 spiro atoms. The molecule has 0 bridgehead atoms. The summed E-state index contributed by atoms with van der Waals surface area (Å²) in [7, 11) is 0. The van der Waals surface area contributed by atoms with Gasteiger partial charge in [-0.25, -0.2) is 9.37 Å². The van der Waals surface area contributed by atoms with Crippen LogP contribution in [-0.4, -0.2) is 14.3 Å². The van der Waals surface area contributed by atoms with Crippen molar-refractivity contribution in [2.24, 2.45) is 0 Å². The smallest absolute Gasteiger partial charge is 0.269 e. The third kappa shape index (κ3) is 1.76. The van der Waals surface area contributed by atoms with Crippen LogP contribution in [0.2, 0.25) is 0 Å². The molecule has 3 aromatic rings. The number of fused-ring (bicyclic) bond motifs is 1. The zero-order chi connectivity index (χ0) is 14.3. The van der Waals surface area contributed by atoms with Gasteiger partial charge in [0.25, 0.3) is 5.69 Å². The second kappa shape index (κ2) is 4.30. The monoisotopic (exact) mass is 272 g/mol. The number of nitrogens with zero attached hydrogens (tertiary/aromatic N) is 3. The van der Waals surface area contributed by atoms with Gasteiger partial charge in [0, 0.05) is 23.9 Å². The number of nitro benzene ring substituents is 1. The average Bonchev–Trinajstić information content (AvgIpc) is 2.78. The number of anilines is 1. The second-order valence-corrected chi connectivity index (χ2v) is 4.20. The lowest BCUT2D eigenvalue weighted by molar-refractivity contribution is -0.384. The van der Waals surface area contributed by atoms with Gasteiger partial charge in [-0.1, -0.05) is 0 Å². The highest BCUT2D eigenvalue weighted by Gasteiger charge is 2.14. The fraction of sp³-hybridized carbons (Fsp3) is 0. The van der Waals surface area contributed by atoms with E-state index in [4.69, 9.17) is 5.73 Å². The molecule has 0 radical (unpaired) electrons. The van der Waals surface area contributed by atoms with Crippen LogP contribution in [0.1, 0.15) is 0 Å². The molecule has 0 saturated carbocycles. The standard InChI is InChI=1S/C13H9FN4O2/c14-10-2-1-7-17-12(15)11(16-13(10)17)8-3-5-9(6-4-8)18(19)20/h1-7H,15H2. The van der Waals surface area contributed by atoms with Crippen molar-refractivity contribution in [1.29, 1.82) is 0 Å². The van der Waals surface area contributed by atoms with Gasteiger partial charge in [0.2, 0.25) is 0 Å². The van der Waals surface area contributed by atoms with Gasteiger partial charge in [-0.2, -0.15) is 0 Å². The van der Waals surface area contributed by atoms with Gasteiger partial charge in [0.1, 0.15) is 11.5 Å². The Morgan fingerprint density at radius 1 is 1.25 bits per heavy atom. The van der Waals surface area contributed by atoms with E-state index < -0.39 is 10.7 Å². The van der Waals surface area contributed by atoms with Gasteiger partial charge < -0.3 is 5.73 Å². The van der Waals surface area contributed by atoms with E-state index in [9.17, 15) is 14.5 Å². The van der Waals surface area contributed by atoms with E-state index in [0.717, 1.165) is 0 Å². The van der Waals surface area contributed by atoms with E-state index in [1.165, 1.54) is 40.8 Å². The Bertz CT molecular complexity index is 811. The van der Waals surface area contributed by atoms with Crippen LogP contribution in [0.3, 0.4) is 0 Å². The van der Waals surface area contributed by atoms with Crippen molar-refractivity contribution >= 4 is 17.2 Å². The van der Waals surface area contributed by atoms with Gasteiger partial charge in [0.15, 0.2) is 11.5 Å². The molecule has 0 aliphatic carbocycles. The number of nitro groups is 1. The number of aromatic nitrogens is 2. The Morgan fingerprint density at radius 2 is 1.95 bits per heavy atom. The summed E-state index contributed by atoms with van der Waals surface area (Å²) in [5.74, 6) is -0.194. The minimum atomic E-state index is -0.490. The Morgan fingerprint density at radius 3 is 2.55 bits per heavy atom. The first-order valence-corrected chi connectivity index (χ1v) is 5.75. The molecule has 20 heavy (non-hydrogen) atoms. The third-order valence-corrected chi connectivity index (χ3v) is 2.99. The summed E-state index contributed by atoms with van der Waals surface area (Å²) in [5, 5.41) is 10.6. The molecular weight excluding hydrogens is 263 g/mol. The third-order valence-electron chi connectivity index (χ3n) is 2.99. The maximum Gasteiger partial charge on any atom is 0.269 e. The molecule has 1 aromatic carbocycles. The average molecular weight is 272 g/mol. The summed E-state index contributed by atoms with van der Waals surface area (Å²) in [6.45, 7) is 0. The van der Waals surface area contributed by atoms with E-state index in [1.807, 2.05) is 0 Å². The molecule has 0 fully saturated rings. The molecule has 0 saturated heterocycles. The molecule has 100 valence electrons. The van der Waals surface area contributed by atoms with Crippen molar-refractivity contribution in [3.05, 3.63) is 58.5 Å². The molecule has 7 heteroatoms. The highest BCUT2D eigenvalue weighted by molar-refractivity contribution is 5.75. The Hall–Kier alpha value is -2.96. The van der Waals surface area contributed by atoms with Crippen LogP contribution in [0.25, 0.3) is 16.9 Å². The topological polar surface area (TPSA) is 86.5 Å². The van der Waals surface area contributed by atoms with Gasteiger partial charge in [-0.15, -0.1) is 0 Å². The Labute approximate surface area is 112 Å². The first-order valence-electron chi connectivity index (χ1n) is 5.75. The quantitative estimate of drug-likeness (QED) is 0.574. The Kier molecular flexibility index (Phi) is 2.60. The first-order chi connectivity index (χ1) is 9.58. The van der Waals surface area contributed by atoms with E-state index in [1.54, 1.807) is 6.20 Å². The lowest BCUT2D eigenvalue weighted by Gasteiger charge is -1.99. The fourth-order valence-electron chi connectivity index (χ4n) is 2.01. The summed E-state index contributed by atoms with van der Waals surface area (Å²) in [6, 6.07) is 8.61. The summed E-state index contributed by atoms with van der Waals surface area (Å²) in [4.78, 5) is 14.3. The first kappa shape index (κ1) is 12.1. The van der Waals surface area contributed by atoms with Crippen LogP contribution in [0.4, 0.5) is 15.9 Å². The number of pyridine rings is 1. The van der Waals surface area contributed by atoms with Gasteiger partial charge in [0.05, 0.1) is 4.92 Å². The lowest BCUT2D eigenvalue weighted by atomic mass is 10.1. The van der Waals surface area contributed by atoms with Crippen LogP contribution in [0.5, 0.6) is 0 Å². The van der Waals surface area contributed by atoms with Crippen molar-refractivity contribution < 1.29 is 9.31 Å². The number of hydrogen-bond acceptors (Lipinski definition) is 4. The van der Waals surface area contributed by atoms with E-state index in [2.05, 4.69) is 4.98 Å². The second-order valence-electron chi connectivity index (χ2n) is 4.20. The predicted molar refractivity (Wildman–Crippen MR) is 71.7 cm³/mol. The molecule has 2 heterocycles. The van der Waals surface area contributed by atoms with Crippen LogP contribution in [-0.2, 0) is 0 Å². The largest absolute Gasteiger partial charge is 0.383 e. The minimum absolute atomic E-state index is 0.0257. The number of benzene rings is 1. The maximum atomic E-state index is 13.6. The van der Waals surface area contributed by atoms with Gasteiger partial charge in [-0.3, -0.25) is 14.5 Å². The van der Waals surface area contributed by atoms with Crippen molar-refractivity contribution in [2.45, 2.75) is 0 Å². The van der Waals surface area contributed by atoms with E-state index in [0.29, 0.717) is 11.3 Å². The van der Waals surface area contributed by atoms with Gasteiger partial charge >= 0.3 is 0 Å². The van der Waals surface area contributed by atoms with E-state index in [-0.39, 0.29) is 17.2 Å². The van der Waals surface area contributed by atoms with Crippen LogP contribution >= 0.6 is 0 Å². The summed E-state index contributed by atoms with van der Waals surface area (Å²) in [5.41, 5.74) is 7.02. The number of rotatable bonds is 2. The molecular formula is C13H9FN4O2. The van der Waals surface area contributed by atoms with Crippen LogP contribution in [0.15, 0.2) is 42.6 Å². The molecule has 2 aromatic heterocycles. The van der Waals surface area contributed by atoms with Crippen molar-refractivity contribution in [3.63, 3.8) is 0 Å². The molecule has 0 aliphatic heterocycles. The van der Waals surface area contributed by atoms with Crippen LogP contribution < -0.4 is 5.73 Å². The van der Waals surface area contributed by atoms with Crippen molar-refractivity contribution in [3.8, 4) is 11.3 Å². The van der Waals surface area contributed by atoms with Crippen LogP contribution in [0, 0.1) is 15.9 Å². The zero-order valence-corrected chi connectivity index (χ0v) is 10.2. The highest BCUT2D eigenvalue weighted by atomic mass is 19.1. The normalized spacial score (nSPS) is 10.8. The number of halogens is 1. The van der Waals surface area contributed by atoms with Gasteiger partial charge in [-0.05, 0) is 24.3 Å². The fourth-order valence-corrected chi connectivity index (χ4v) is 2.01. The summed E-state index contributed by atoms with van der Waals surface area (Å²) < 4.78 is 15.1. The number of nitrogen functional groups attached to an aromatic ring is 1. The molecule has 0 aliphatic rings. The summed E-state index contributed by atoms with van der Waals surface area (Å²) >= 11 is 0. The van der Waals surface area contributed by atoms with Crippen molar-refractivity contribution in [1.82, 2.24) is 9.38 Å². The number of imidazole rings is 1. The molecule has 0 atom stereocenters. The Balaban J connectivity index is 2.17. The maximum absolute atomic E-state index is 13.6. The molecule has 3 rings (SSSR count). The number of nitrogens with two attached hydrogens (primary N) is 1. The predicted octanol–water partition coefficient (Wildman–Crippen LogP) is 2.63. The summed E-state index contributed by atoms with van der Waals surface area (Å²) in [6.07, 6.45) is 1.61. The number of hydrogen-bond donors (Lipinski definition) is 1. The minimum Gasteiger partial charge on any atom is -0.383 e. The molecule has 6 nitrogen and oxygen atoms in total. The zero-order valence-electron chi connectivity index (χ0n) is 10.2. The molecule has 2 N–H and O–H groups in total. The SMILES string of the molecule is Nc1c(-c2ccc([N+](=O)[O-])cc2)nc2c(F)cccn12. The highest BCUT2D eigenvalue weighted by Crippen LogP contribution is 2.28.